The quantitative estimate of drug-likeness (QED) is 0.922. The summed E-state index contributed by atoms with van der Waals surface area (Å²) in [5, 5.41) is 3.15. The summed E-state index contributed by atoms with van der Waals surface area (Å²) in [6.07, 6.45) is 0. The average molecular weight is 293 g/mol. The zero-order valence-electron chi connectivity index (χ0n) is 9.48. The molecule has 0 aliphatic carbocycles. The Bertz CT molecular complexity index is 502. The monoisotopic (exact) mass is 292 g/mol. The summed E-state index contributed by atoms with van der Waals surface area (Å²) >= 11 is 3.43. The molecule has 3 nitrogen and oxygen atoms in total. The second-order valence-electron chi connectivity index (χ2n) is 3.42. The summed E-state index contributed by atoms with van der Waals surface area (Å²) in [6.45, 7) is 2.87. The first kappa shape index (κ1) is 11.9. The fraction of sp³-hybridized carbons (Fsp3) is 0.154. The topological polar surface area (TPSA) is 34.1 Å². The predicted molar refractivity (Wildman–Crippen MR) is 72.6 cm³/mol. The highest BCUT2D eigenvalue weighted by molar-refractivity contribution is 9.10. The van der Waals surface area contributed by atoms with E-state index in [1.54, 1.807) is 0 Å². The van der Waals surface area contributed by atoms with E-state index in [1.807, 2.05) is 49.4 Å². The SMILES string of the molecule is CCNc1cccc(Oc2ccccc2Br)n1. The summed E-state index contributed by atoms with van der Waals surface area (Å²) in [6, 6.07) is 13.4. The molecule has 1 aromatic carbocycles. The fourth-order valence-corrected chi connectivity index (χ4v) is 1.76. The van der Waals surface area contributed by atoms with Crippen LogP contribution < -0.4 is 10.1 Å². The molecule has 0 saturated heterocycles. The van der Waals surface area contributed by atoms with Gasteiger partial charge in [0.2, 0.25) is 5.88 Å². The third-order valence-corrected chi connectivity index (χ3v) is 2.79. The molecule has 1 heterocycles. The molecule has 0 amide bonds. The van der Waals surface area contributed by atoms with Gasteiger partial charge >= 0.3 is 0 Å². The molecule has 0 bridgehead atoms. The number of hydrogen-bond acceptors (Lipinski definition) is 3. The number of aromatic nitrogens is 1. The average Bonchev–Trinajstić information content (AvgIpc) is 2.33. The van der Waals surface area contributed by atoms with E-state index in [0.717, 1.165) is 22.6 Å². The Morgan fingerprint density at radius 3 is 2.76 bits per heavy atom. The van der Waals surface area contributed by atoms with E-state index in [2.05, 4.69) is 26.2 Å². The second-order valence-corrected chi connectivity index (χ2v) is 4.28. The molecule has 17 heavy (non-hydrogen) atoms. The minimum Gasteiger partial charge on any atom is -0.438 e. The Morgan fingerprint density at radius 1 is 1.18 bits per heavy atom. The van der Waals surface area contributed by atoms with E-state index >= 15 is 0 Å². The van der Waals surface area contributed by atoms with Gasteiger partial charge in [0.15, 0.2) is 0 Å². The molecular weight excluding hydrogens is 280 g/mol. The highest BCUT2D eigenvalue weighted by Crippen LogP contribution is 2.28. The molecule has 88 valence electrons. The van der Waals surface area contributed by atoms with Gasteiger partial charge in [-0.25, -0.2) is 0 Å². The lowest BCUT2D eigenvalue weighted by Crippen LogP contribution is -1.99. The molecule has 0 radical (unpaired) electrons. The Labute approximate surface area is 109 Å². The summed E-state index contributed by atoms with van der Waals surface area (Å²) < 4.78 is 6.61. The molecule has 0 aliphatic rings. The maximum atomic E-state index is 5.70. The summed E-state index contributed by atoms with van der Waals surface area (Å²) in [4.78, 5) is 4.34. The maximum absolute atomic E-state index is 5.70. The molecule has 2 rings (SSSR count). The van der Waals surface area contributed by atoms with Gasteiger partial charge in [0.05, 0.1) is 4.47 Å². The number of benzene rings is 1. The van der Waals surface area contributed by atoms with E-state index in [-0.39, 0.29) is 0 Å². The van der Waals surface area contributed by atoms with Crippen LogP contribution in [0.2, 0.25) is 0 Å². The van der Waals surface area contributed by atoms with Crippen LogP contribution in [0, 0.1) is 0 Å². The summed E-state index contributed by atoms with van der Waals surface area (Å²) in [5.74, 6) is 2.15. The van der Waals surface area contributed by atoms with Crippen molar-refractivity contribution in [3.05, 3.63) is 46.9 Å². The minimum atomic E-state index is 0.579. The van der Waals surface area contributed by atoms with Crippen molar-refractivity contribution in [2.45, 2.75) is 6.92 Å². The van der Waals surface area contributed by atoms with E-state index in [4.69, 9.17) is 4.74 Å². The molecule has 0 atom stereocenters. The summed E-state index contributed by atoms with van der Waals surface area (Å²) in [5.41, 5.74) is 0. The van der Waals surface area contributed by atoms with Crippen LogP contribution in [0.3, 0.4) is 0 Å². The van der Waals surface area contributed by atoms with Crippen LogP contribution >= 0.6 is 15.9 Å². The number of nitrogens with one attached hydrogen (secondary N) is 1. The Morgan fingerprint density at radius 2 is 2.00 bits per heavy atom. The van der Waals surface area contributed by atoms with Crippen molar-refractivity contribution in [1.29, 1.82) is 0 Å². The third-order valence-electron chi connectivity index (χ3n) is 2.13. The van der Waals surface area contributed by atoms with Crippen LogP contribution in [0.5, 0.6) is 11.6 Å². The van der Waals surface area contributed by atoms with Gasteiger partial charge in [-0.15, -0.1) is 0 Å². The van der Waals surface area contributed by atoms with Crippen LogP contribution in [0.25, 0.3) is 0 Å². The number of anilines is 1. The molecule has 0 aliphatic heterocycles. The van der Waals surface area contributed by atoms with E-state index in [1.165, 1.54) is 0 Å². The van der Waals surface area contributed by atoms with Crippen molar-refractivity contribution in [3.8, 4) is 11.6 Å². The van der Waals surface area contributed by atoms with E-state index in [0.29, 0.717) is 5.88 Å². The number of nitrogens with zero attached hydrogens (tertiary/aromatic N) is 1. The molecule has 0 unspecified atom stereocenters. The lowest BCUT2D eigenvalue weighted by molar-refractivity contribution is 0.461. The number of ether oxygens (including phenoxy) is 1. The van der Waals surface area contributed by atoms with Crippen LogP contribution in [0.1, 0.15) is 6.92 Å². The van der Waals surface area contributed by atoms with E-state index in [9.17, 15) is 0 Å². The molecule has 2 aromatic rings. The van der Waals surface area contributed by atoms with Gasteiger partial charge < -0.3 is 10.1 Å². The zero-order chi connectivity index (χ0) is 12.1. The lowest BCUT2D eigenvalue weighted by Gasteiger charge is -2.08. The smallest absolute Gasteiger partial charge is 0.221 e. The first-order valence-corrected chi connectivity index (χ1v) is 6.22. The minimum absolute atomic E-state index is 0.579. The zero-order valence-corrected chi connectivity index (χ0v) is 11.1. The van der Waals surface area contributed by atoms with Crippen molar-refractivity contribution in [2.75, 3.05) is 11.9 Å². The van der Waals surface area contributed by atoms with Crippen molar-refractivity contribution in [3.63, 3.8) is 0 Å². The number of pyridine rings is 1. The van der Waals surface area contributed by atoms with E-state index < -0.39 is 0 Å². The largest absolute Gasteiger partial charge is 0.438 e. The molecule has 4 heteroatoms. The van der Waals surface area contributed by atoms with Gasteiger partial charge in [-0.2, -0.15) is 4.98 Å². The fourth-order valence-electron chi connectivity index (χ4n) is 1.39. The Hall–Kier alpha value is -1.55. The molecule has 0 fully saturated rings. The number of rotatable bonds is 4. The van der Waals surface area contributed by atoms with Crippen molar-refractivity contribution in [1.82, 2.24) is 4.98 Å². The Balaban J connectivity index is 2.18. The predicted octanol–water partition coefficient (Wildman–Crippen LogP) is 4.07. The standard InChI is InChI=1S/C13H13BrN2O/c1-2-15-12-8-5-9-13(16-12)17-11-7-4-3-6-10(11)14/h3-9H,2H2,1H3,(H,15,16). The van der Waals surface area contributed by atoms with Crippen LogP contribution in [0.15, 0.2) is 46.9 Å². The maximum Gasteiger partial charge on any atom is 0.221 e. The number of hydrogen-bond donors (Lipinski definition) is 1. The highest BCUT2D eigenvalue weighted by atomic mass is 79.9. The molecule has 0 spiro atoms. The first-order valence-electron chi connectivity index (χ1n) is 5.43. The van der Waals surface area contributed by atoms with Crippen molar-refractivity contribution < 1.29 is 4.74 Å². The van der Waals surface area contributed by atoms with Gasteiger partial charge in [-0.05, 0) is 41.1 Å². The van der Waals surface area contributed by atoms with Crippen molar-refractivity contribution >= 4 is 21.7 Å². The first-order chi connectivity index (χ1) is 8.29. The molecule has 1 N–H and O–H groups in total. The lowest BCUT2D eigenvalue weighted by atomic mass is 10.3. The van der Waals surface area contributed by atoms with Gasteiger partial charge in [-0.3, -0.25) is 0 Å². The van der Waals surface area contributed by atoms with Crippen LogP contribution in [-0.2, 0) is 0 Å². The summed E-state index contributed by atoms with van der Waals surface area (Å²) in [7, 11) is 0. The van der Waals surface area contributed by atoms with Gasteiger partial charge in [-0.1, -0.05) is 18.2 Å². The Kier molecular flexibility index (Phi) is 3.98. The molecule has 1 aromatic heterocycles. The molecule has 0 saturated carbocycles. The molecular formula is C13H13BrN2O. The highest BCUT2D eigenvalue weighted by Gasteiger charge is 2.03. The van der Waals surface area contributed by atoms with Crippen molar-refractivity contribution in [2.24, 2.45) is 0 Å². The normalized spacial score (nSPS) is 10.0. The number of para-hydroxylation sites is 1. The number of halogens is 1. The van der Waals surface area contributed by atoms with Gasteiger partial charge in [0.1, 0.15) is 11.6 Å². The third kappa shape index (κ3) is 3.20. The van der Waals surface area contributed by atoms with Gasteiger partial charge in [0.25, 0.3) is 0 Å². The van der Waals surface area contributed by atoms with Crippen LogP contribution in [-0.4, -0.2) is 11.5 Å². The second kappa shape index (κ2) is 5.68. The van der Waals surface area contributed by atoms with Crippen LogP contribution in [0.4, 0.5) is 5.82 Å². The van der Waals surface area contributed by atoms with Gasteiger partial charge in [0, 0.05) is 12.6 Å².